The molecule has 1 atom stereocenters. The number of thiophene rings is 1. The van der Waals surface area contributed by atoms with E-state index >= 15 is 0 Å². The van der Waals surface area contributed by atoms with Crippen molar-refractivity contribution in [1.82, 2.24) is 10.4 Å². The Morgan fingerprint density at radius 3 is 2.89 bits per heavy atom. The third kappa shape index (κ3) is 3.51. The molecule has 2 heterocycles. The Morgan fingerprint density at radius 2 is 2.11 bits per heavy atom. The van der Waals surface area contributed by atoms with Gasteiger partial charge in [-0.15, -0.1) is 11.3 Å². The van der Waals surface area contributed by atoms with Crippen LogP contribution < -0.4 is 5.43 Å². The Balaban J connectivity index is 1.49. The number of fused-ring (bicyclic) bond motifs is 2. The summed E-state index contributed by atoms with van der Waals surface area (Å²) in [6, 6.07) is 8.11. The highest BCUT2D eigenvalue weighted by atomic mass is 32.1. The summed E-state index contributed by atoms with van der Waals surface area (Å²) >= 11 is 1.72. The van der Waals surface area contributed by atoms with Crippen LogP contribution in [0.4, 0.5) is 0 Å². The Morgan fingerprint density at radius 1 is 1.32 bits per heavy atom. The van der Waals surface area contributed by atoms with Crippen LogP contribution >= 0.6 is 11.3 Å². The van der Waals surface area contributed by atoms with Gasteiger partial charge in [-0.1, -0.05) is 39.0 Å². The molecule has 0 aliphatic heterocycles. The average Bonchev–Trinajstić information content (AvgIpc) is 3.21. The fraction of sp³-hybridized carbons (Fsp3) is 0.391. The van der Waals surface area contributed by atoms with E-state index in [9.17, 15) is 4.79 Å². The van der Waals surface area contributed by atoms with Crippen molar-refractivity contribution in [3.63, 3.8) is 0 Å². The summed E-state index contributed by atoms with van der Waals surface area (Å²) in [7, 11) is 0. The number of nitrogens with zero attached hydrogens (tertiary/aromatic N) is 1. The molecule has 1 aliphatic carbocycles. The van der Waals surface area contributed by atoms with Crippen LogP contribution in [-0.4, -0.2) is 17.1 Å². The lowest BCUT2D eigenvalue weighted by Gasteiger charge is -2.33. The number of hydrazone groups is 1. The number of amides is 1. The predicted molar refractivity (Wildman–Crippen MR) is 117 cm³/mol. The third-order valence-corrected chi connectivity index (χ3v) is 6.98. The molecule has 0 spiro atoms. The molecule has 0 saturated carbocycles. The Kier molecular flexibility index (Phi) is 4.88. The molecule has 0 bridgehead atoms. The summed E-state index contributed by atoms with van der Waals surface area (Å²) in [5, 5.41) is 7.35. The Bertz CT molecular complexity index is 1050. The van der Waals surface area contributed by atoms with Gasteiger partial charge in [0.2, 0.25) is 0 Å². The number of H-pyrrole nitrogens is 1. The SMILES string of the molecule is Cc1[nH]c2ccccc2c1/C=N/NC(=O)c1csc2c1CC[C@H](C(C)(C)C)C2. The van der Waals surface area contributed by atoms with E-state index in [-0.39, 0.29) is 5.91 Å². The van der Waals surface area contributed by atoms with Gasteiger partial charge in [0.1, 0.15) is 0 Å². The molecule has 4 rings (SSSR count). The zero-order valence-corrected chi connectivity index (χ0v) is 17.7. The molecule has 0 saturated heterocycles. The lowest BCUT2D eigenvalue weighted by molar-refractivity contribution is 0.0954. The number of carbonyl (C=O) groups excluding carboxylic acids is 1. The van der Waals surface area contributed by atoms with E-state index in [0.717, 1.165) is 47.0 Å². The van der Waals surface area contributed by atoms with Crippen molar-refractivity contribution in [2.45, 2.75) is 47.0 Å². The minimum atomic E-state index is -0.111. The minimum absolute atomic E-state index is 0.111. The molecule has 28 heavy (non-hydrogen) atoms. The largest absolute Gasteiger partial charge is 0.358 e. The summed E-state index contributed by atoms with van der Waals surface area (Å²) in [5.41, 5.74) is 8.19. The van der Waals surface area contributed by atoms with Gasteiger partial charge in [-0.3, -0.25) is 4.79 Å². The first-order valence-electron chi connectivity index (χ1n) is 9.84. The van der Waals surface area contributed by atoms with Crippen molar-refractivity contribution in [2.24, 2.45) is 16.4 Å². The third-order valence-electron chi connectivity index (χ3n) is 5.93. The molecular formula is C23H27N3OS. The van der Waals surface area contributed by atoms with Crippen LogP contribution in [0.1, 0.15) is 59.2 Å². The number of benzene rings is 1. The van der Waals surface area contributed by atoms with E-state index in [1.807, 2.05) is 30.5 Å². The van der Waals surface area contributed by atoms with E-state index in [0.29, 0.717) is 11.3 Å². The number of nitrogens with one attached hydrogen (secondary N) is 2. The maximum absolute atomic E-state index is 12.7. The highest BCUT2D eigenvalue weighted by Gasteiger charge is 2.31. The van der Waals surface area contributed by atoms with Gasteiger partial charge in [-0.25, -0.2) is 5.43 Å². The van der Waals surface area contributed by atoms with Crippen LogP contribution in [0.5, 0.6) is 0 Å². The van der Waals surface area contributed by atoms with Crippen molar-refractivity contribution in [1.29, 1.82) is 0 Å². The normalized spacial score (nSPS) is 17.2. The summed E-state index contributed by atoms with van der Waals surface area (Å²) < 4.78 is 0. The molecule has 3 aromatic rings. The fourth-order valence-electron chi connectivity index (χ4n) is 4.12. The van der Waals surface area contributed by atoms with Crippen molar-refractivity contribution in [3.8, 4) is 0 Å². The monoisotopic (exact) mass is 393 g/mol. The molecule has 1 aliphatic rings. The van der Waals surface area contributed by atoms with Gasteiger partial charge in [0.25, 0.3) is 5.91 Å². The lowest BCUT2D eigenvalue weighted by Crippen LogP contribution is -2.27. The molecule has 4 nitrogen and oxygen atoms in total. The highest BCUT2D eigenvalue weighted by molar-refractivity contribution is 7.10. The maximum atomic E-state index is 12.7. The summed E-state index contributed by atoms with van der Waals surface area (Å²) in [4.78, 5) is 17.4. The Labute approximate surface area is 170 Å². The molecule has 2 N–H and O–H groups in total. The quantitative estimate of drug-likeness (QED) is 0.451. The van der Waals surface area contributed by atoms with Gasteiger partial charge in [0, 0.05) is 32.4 Å². The highest BCUT2D eigenvalue weighted by Crippen LogP contribution is 2.40. The van der Waals surface area contributed by atoms with E-state index in [1.165, 1.54) is 10.4 Å². The average molecular weight is 394 g/mol. The second kappa shape index (κ2) is 7.21. The molecule has 2 aromatic heterocycles. The number of carbonyl (C=O) groups is 1. The Hall–Kier alpha value is -2.40. The topological polar surface area (TPSA) is 57.2 Å². The van der Waals surface area contributed by atoms with E-state index in [4.69, 9.17) is 0 Å². The van der Waals surface area contributed by atoms with Crippen LogP contribution in [0.3, 0.4) is 0 Å². The predicted octanol–water partition coefficient (Wildman–Crippen LogP) is 5.45. The van der Waals surface area contributed by atoms with Gasteiger partial charge in [0.05, 0.1) is 11.8 Å². The van der Waals surface area contributed by atoms with Crippen molar-refractivity contribution < 1.29 is 4.79 Å². The second-order valence-electron chi connectivity index (χ2n) is 8.77. The van der Waals surface area contributed by atoms with Crippen LogP contribution in [0.25, 0.3) is 10.9 Å². The van der Waals surface area contributed by atoms with Gasteiger partial charge < -0.3 is 4.98 Å². The first-order valence-corrected chi connectivity index (χ1v) is 10.7. The molecule has 0 radical (unpaired) electrons. The molecule has 0 fully saturated rings. The van der Waals surface area contributed by atoms with Crippen LogP contribution in [0, 0.1) is 18.3 Å². The molecule has 1 amide bonds. The number of hydrogen-bond acceptors (Lipinski definition) is 3. The first kappa shape index (κ1) is 18.9. The number of aromatic nitrogens is 1. The molecule has 0 unspecified atom stereocenters. The maximum Gasteiger partial charge on any atom is 0.272 e. The second-order valence-corrected chi connectivity index (χ2v) is 9.73. The number of aromatic amines is 1. The zero-order valence-electron chi connectivity index (χ0n) is 16.9. The van der Waals surface area contributed by atoms with E-state index in [2.05, 4.69) is 42.3 Å². The number of hydrogen-bond donors (Lipinski definition) is 2. The van der Waals surface area contributed by atoms with Crippen LogP contribution in [0.15, 0.2) is 34.7 Å². The zero-order chi connectivity index (χ0) is 19.9. The van der Waals surface area contributed by atoms with Crippen molar-refractivity contribution in [2.75, 3.05) is 0 Å². The first-order chi connectivity index (χ1) is 13.3. The van der Waals surface area contributed by atoms with Gasteiger partial charge >= 0.3 is 0 Å². The van der Waals surface area contributed by atoms with Crippen molar-refractivity contribution >= 4 is 34.4 Å². The van der Waals surface area contributed by atoms with Crippen molar-refractivity contribution in [3.05, 3.63) is 56.9 Å². The molecular weight excluding hydrogens is 366 g/mol. The fourth-order valence-corrected chi connectivity index (χ4v) is 5.28. The lowest BCUT2D eigenvalue weighted by atomic mass is 9.72. The number of rotatable bonds is 3. The van der Waals surface area contributed by atoms with Crippen LogP contribution in [-0.2, 0) is 12.8 Å². The molecule has 146 valence electrons. The molecule has 5 heteroatoms. The summed E-state index contributed by atoms with van der Waals surface area (Å²) in [6.07, 6.45) is 4.94. The summed E-state index contributed by atoms with van der Waals surface area (Å²) in [6.45, 7) is 8.95. The van der Waals surface area contributed by atoms with E-state index in [1.54, 1.807) is 17.6 Å². The van der Waals surface area contributed by atoms with E-state index < -0.39 is 0 Å². The van der Waals surface area contributed by atoms with Gasteiger partial charge in [0.15, 0.2) is 0 Å². The molecule has 1 aromatic carbocycles. The standard InChI is InChI=1S/C23H27N3OS/c1-14-18(16-7-5-6-8-20(16)25-14)12-24-26-22(27)19-13-28-21-11-15(23(2,3)4)9-10-17(19)21/h5-8,12-13,15,25H,9-11H2,1-4H3,(H,26,27)/b24-12+/t15-/m0/s1. The number of para-hydroxylation sites is 1. The minimum Gasteiger partial charge on any atom is -0.358 e. The van der Waals surface area contributed by atoms with Gasteiger partial charge in [-0.2, -0.15) is 5.10 Å². The summed E-state index contributed by atoms with van der Waals surface area (Å²) in [5.74, 6) is 0.567. The van der Waals surface area contributed by atoms with Gasteiger partial charge in [-0.05, 0) is 49.1 Å². The smallest absolute Gasteiger partial charge is 0.272 e. The van der Waals surface area contributed by atoms with Crippen LogP contribution in [0.2, 0.25) is 0 Å². The number of aryl methyl sites for hydroxylation is 1.